The van der Waals surface area contributed by atoms with E-state index in [9.17, 15) is 0 Å². The number of imidazole rings is 1. The zero-order chi connectivity index (χ0) is 10.1. The summed E-state index contributed by atoms with van der Waals surface area (Å²) >= 11 is 5.86. The van der Waals surface area contributed by atoms with Gasteiger partial charge in [0.1, 0.15) is 0 Å². The molecule has 0 aliphatic rings. The number of nitrogens with zero attached hydrogens (tertiary/aromatic N) is 5. The van der Waals surface area contributed by atoms with E-state index in [-0.39, 0.29) is 16.7 Å². The Labute approximate surface area is 82.8 Å². The van der Waals surface area contributed by atoms with E-state index < -0.39 is 0 Å². The molecule has 0 fully saturated rings. The van der Waals surface area contributed by atoms with Crippen LogP contribution < -0.4 is 5.73 Å². The van der Waals surface area contributed by atoms with E-state index in [1.807, 2.05) is 0 Å². The summed E-state index contributed by atoms with van der Waals surface area (Å²) in [6.45, 7) is 0. The van der Waals surface area contributed by atoms with E-state index >= 15 is 0 Å². The van der Waals surface area contributed by atoms with Crippen LogP contribution in [-0.4, -0.2) is 30.6 Å². The molecule has 8 heteroatoms. The van der Waals surface area contributed by atoms with Crippen molar-refractivity contribution < 1.29 is 5.21 Å². The Morgan fingerprint density at radius 3 is 3.00 bits per heavy atom. The van der Waals surface area contributed by atoms with Gasteiger partial charge in [-0.15, -0.1) is 0 Å². The molecule has 72 valence electrons. The largest absolute Gasteiger partial charge is 0.409 e. The lowest BCUT2D eigenvalue weighted by Crippen LogP contribution is -2.14. The van der Waals surface area contributed by atoms with Gasteiger partial charge in [-0.2, -0.15) is 9.61 Å². The first-order valence-corrected chi connectivity index (χ1v) is 3.95. The number of rotatable bonds is 1. The summed E-state index contributed by atoms with van der Waals surface area (Å²) in [6.07, 6.45) is 2.92. The van der Waals surface area contributed by atoms with Gasteiger partial charge in [-0.25, -0.2) is 9.97 Å². The SMILES string of the molecule is N/C(=N/O)c1nc2nccnn2c1Cl. The summed E-state index contributed by atoms with van der Waals surface area (Å²) < 4.78 is 1.29. The highest BCUT2D eigenvalue weighted by molar-refractivity contribution is 6.33. The third kappa shape index (κ3) is 1.14. The lowest BCUT2D eigenvalue weighted by atomic mass is 10.4. The summed E-state index contributed by atoms with van der Waals surface area (Å²) in [6, 6.07) is 0. The molecule has 2 aromatic rings. The van der Waals surface area contributed by atoms with Crippen LogP contribution in [0.5, 0.6) is 0 Å². The molecule has 0 saturated carbocycles. The Kier molecular flexibility index (Phi) is 1.93. The van der Waals surface area contributed by atoms with Crippen LogP contribution in [0, 0.1) is 0 Å². The fourth-order valence-corrected chi connectivity index (χ4v) is 1.23. The van der Waals surface area contributed by atoms with Gasteiger partial charge in [-0.3, -0.25) is 0 Å². The normalized spacial score (nSPS) is 12.2. The van der Waals surface area contributed by atoms with E-state index in [0.717, 1.165) is 0 Å². The molecular weight excluding hydrogens is 208 g/mol. The van der Waals surface area contributed by atoms with E-state index in [1.165, 1.54) is 16.9 Å². The van der Waals surface area contributed by atoms with Gasteiger partial charge in [0.25, 0.3) is 5.78 Å². The van der Waals surface area contributed by atoms with Gasteiger partial charge in [-0.1, -0.05) is 16.8 Å². The van der Waals surface area contributed by atoms with Crippen LogP contribution in [0.3, 0.4) is 0 Å². The van der Waals surface area contributed by atoms with Crippen LogP contribution >= 0.6 is 11.6 Å². The maximum atomic E-state index is 8.45. The predicted molar refractivity (Wildman–Crippen MR) is 48.3 cm³/mol. The Bertz CT molecular complexity index is 506. The van der Waals surface area contributed by atoms with Crippen molar-refractivity contribution in [1.29, 1.82) is 0 Å². The van der Waals surface area contributed by atoms with Crippen molar-refractivity contribution in [2.75, 3.05) is 0 Å². The third-order valence-electron chi connectivity index (χ3n) is 1.57. The second-order valence-electron chi connectivity index (χ2n) is 2.39. The molecule has 0 saturated heterocycles. The molecule has 0 aromatic carbocycles. The number of fused-ring (bicyclic) bond motifs is 1. The summed E-state index contributed by atoms with van der Waals surface area (Å²) in [5.74, 6) is 0.112. The number of amidine groups is 1. The molecule has 2 aromatic heterocycles. The van der Waals surface area contributed by atoms with Crippen molar-refractivity contribution in [3.05, 3.63) is 23.2 Å². The van der Waals surface area contributed by atoms with Crippen LogP contribution in [0.25, 0.3) is 5.78 Å². The number of nitrogens with two attached hydrogens (primary N) is 1. The van der Waals surface area contributed by atoms with E-state index in [0.29, 0.717) is 5.78 Å². The van der Waals surface area contributed by atoms with Crippen LogP contribution in [0.4, 0.5) is 0 Å². The summed E-state index contributed by atoms with van der Waals surface area (Å²) in [5.41, 5.74) is 5.50. The first-order valence-electron chi connectivity index (χ1n) is 3.57. The number of oxime groups is 1. The molecular formula is C6H5ClN6O. The predicted octanol–water partition coefficient (Wildman–Crippen LogP) is -0.128. The number of halogens is 1. The molecule has 7 nitrogen and oxygen atoms in total. The third-order valence-corrected chi connectivity index (χ3v) is 1.91. The minimum Gasteiger partial charge on any atom is -0.409 e. The van der Waals surface area contributed by atoms with Crippen molar-refractivity contribution >= 4 is 23.2 Å². The molecule has 0 atom stereocenters. The van der Waals surface area contributed by atoms with Crippen molar-refractivity contribution in [1.82, 2.24) is 19.6 Å². The van der Waals surface area contributed by atoms with Gasteiger partial charge in [0.05, 0.1) is 12.4 Å². The molecule has 3 N–H and O–H groups in total. The first-order chi connectivity index (χ1) is 6.74. The Balaban J connectivity index is 2.75. The second kappa shape index (κ2) is 3.11. The molecule has 0 radical (unpaired) electrons. The quantitative estimate of drug-likeness (QED) is 0.297. The summed E-state index contributed by atoms with van der Waals surface area (Å²) in [5, 5.41) is 15.3. The number of hydrogen-bond acceptors (Lipinski definition) is 5. The highest BCUT2D eigenvalue weighted by atomic mass is 35.5. The van der Waals surface area contributed by atoms with Crippen molar-refractivity contribution in [3.63, 3.8) is 0 Å². The molecule has 0 unspecified atom stereocenters. The minimum absolute atomic E-state index is 0.153. The van der Waals surface area contributed by atoms with Gasteiger partial charge in [0, 0.05) is 0 Å². The Morgan fingerprint density at radius 2 is 2.36 bits per heavy atom. The molecule has 0 bridgehead atoms. The maximum Gasteiger partial charge on any atom is 0.252 e. The topological polar surface area (TPSA) is 102 Å². The lowest BCUT2D eigenvalue weighted by molar-refractivity contribution is 0.318. The van der Waals surface area contributed by atoms with E-state index in [1.54, 1.807) is 0 Å². The van der Waals surface area contributed by atoms with Crippen LogP contribution in [-0.2, 0) is 0 Å². The standard InChI is InChI=1S/C6H5ClN6O/c7-4-3(5(8)12-14)11-6-9-1-2-10-13(4)6/h1-2,14H,(H2,8,12). The first kappa shape index (κ1) is 8.70. The van der Waals surface area contributed by atoms with Crippen molar-refractivity contribution in [2.45, 2.75) is 0 Å². The van der Waals surface area contributed by atoms with Crippen molar-refractivity contribution in [3.8, 4) is 0 Å². The average Bonchev–Trinajstić information content (AvgIpc) is 2.56. The molecule has 0 aliphatic heterocycles. The Morgan fingerprint density at radius 1 is 1.57 bits per heavy atom. The van der Waals surface area contributed by atoms with Gasteiger partial charge in [0.15, 0.2) is 16.7 Å². The Hall–Kier alpha value is -1.89. The maximum absolute atomic E-state index is 8.45. The summed E-state index contributed by atoms with van der Waals surface area (Å²) in [7, 11) is 0. The van der Waals surface area contributed by atoms with Gasteiger partial charge in [-0.05, 0) is 0 Å². The van der Waals surface area contributed by atoms with Gasteiger partial charge < -0.3 is 10.9 Å². The van der Waals surface area contributed by atoms with E-state index in [4.69, 9.17) is 22.5 Å². The smallest absolute Gasteiger partial charge is 0.252 e. The lowest BCUT2D eigenvalue weighted by Gasteiger charge is -1.91. The highest BCUT2D eigenvalue weighted by Gasteiger charge is 2.14. The van der Waals surface area contributed by atoms with Crippen LogP contribution in [0.2, 0.25) is 5.15 Å². The minimum atomic E-state index is -0.178. The van der Waals surface area contributed by atoms with Gasteiger partial charge >= 0.3 is 0 Å². The molecule has 2 heterocycles. The fourth-order valence-electron chi connectivity index (χ4n) is 0.974. The highest BCUT2D eigenvalue weighted by Crippen LogP contribution is 2.14. The van der Waals surface area contributed by atoms with Crippen molar-refractivity contribution in [2.24, 2.45) is 10.9 Å². The van der Waals surface area contributed by atoms with Gasteiger partial charge in [0.2, 0.25) is 0 Å². The zero-order valence-corrected chi connectivity index (χ0v) is 7.55. The molecule has 0 spiro atoms. The van der Waals surface area contributed by atoms with Crippen LogP contribution in [0.1, 0.15) is 5.69 Å². The zero-order valence-electron chi connectivity index (χ0n) is 6.79. The monoisotopic (exact) mass is 212 g/mol. The molecule has 14 heavy (non-hydrogen) atoms. The van der Waals surface area contributed by atoms with Crippen LogP contribution in [0.15, 0.2) is 17.5 Å². The van der Waals surface area contributed by atoms with E-state index in [2.05, 4.69) is 20.2 Å². The number of hydrogen-bond donors (Lipinski definition) is 2. The number of aromatic nitrogens is 4. The average molecular weight is 213 g/mol. The molecule has 2 rings (SSSR count). The summed E-state index contributed by atoms with van der Waals surface area (Å²) in [4.78, 5) is 7.82. The molecule has 0 aliphatic carbocycles. The molecule has 0 amide bonds. The second-order valence-corrected chi connectivity index (χ2v) is 2.75. The fraction of sp³-hybridized carbons (Fsp3) is 0.